The van der Waals surface area contributed by atoms with Gasteiger partial charge in [0.05, 0.1) is 11.4 Å². The summed E-state index contributed by atoms with van der Waals surface area (Å²) in [5, 5.41) is 10.8. The van der Waals surface area contributed by atoms with Crippen LogP contribution in [0.5, 0.6) is 0 Å². The molecule has 0 bridgehead atoms. The van der Waals surface area contributed by atoms with Crippen molar-refractivity contribution < 1.29 is 0 Å². The number of nitrogens with one attached hydrogen (secondary N) is 2. The summed E-state index contributed by atoms with van der Waals surface area (Å²) in [5.41, 5.74) is 0. The van der Waals surface area contributed by atoms with Gasteiger partial charge in [-0.1, -0.05) is 0 Å². The van der Waals surface area contributed by atoms with Crippen molar-refractivity contribution in [3.8, 4) is 0 Å². The van der Waals surface area contributed by atoms with Gasteiger partial charge in [0.25, 0.3) is 0 Å². The molecule has 3 aromatic rings. The Morgan fingerprint density at radius 1 is 1.33 bits per heavy atom. The maximum Gasteiger partial charge on any atom is 0.226 e. The van der Waals surface area contributed by atoms with Crippen LogP contribution in [0.4, 0.5) is 11.8 Å². The molecule has 0 aromatic carbocycles. The second kappa shape index (κ2) is 5.95. The summed E-state index contributed by atoms with van der Waals surface area (Å²) in [6.45, 7) is 7.01. The van der Waals surface area contributed by atoms with Crippen LogP contribution in [0, 0.1) is 6.92 Å². The molecule has 0 aliphatic carbocycles. The van der Waals surface area contributed by atoms with Crippen molar-refractivity contribution in [1.82, 2.24) is 15.0 Å². The van der Waals surface area contributed by atoms with Gasteiger partial charge in [0, 0.05) is 17.6 Å². The van der Waals surface area contributed by atoms with Crippen LogP contribution in [0.3, 0.4) is 0 Å². The molecular weight excluding hydrogens is 302 g/mol. The quantitative estimate of drug-likeness (QED) is 0.742. The summed E-state index contributed by atoms with van der Waals surface area (Å²) in [4.78, 5) is 15.7. The average molecular weight is 319 g/mol. The summed E-state index contributed by atoms with van der Waals surface area (Å²) >= 11 is 3.33. The van der Waals surface area contributed by atoms with Gasteiger partial charge >= 0.3 is 0 Å². The van der Waals surface area contributed by atoms with Crippen LogP contribution in [-0.4, -0.2) is 21.5 Å². The number of thiazole rings is 1. The van der Waals surface area contributed by atoms with Gasteiger partial charge in [0.1, 0.15) is 15.7 Å². The van der Waals surface area contributed by atoms with Crippen molar-refractivity contribution in [1.29, 1.82) is 0 Å². The first-order valence-corrected chi connectivity index (χ1v) is 8.55. The summed E-state index contributed by atoms with van der Waals surface area (Å²) in [5.74, 6) is 1.52. The van der Waals surface area contributed by atoms with Gasteiger partial charge in [-0.2, -0.15) is 4.98 Å². The van der Waals surface area contributed by atoms with Gasteiger partial charge in [-0.3, -0.25) is 0 Å². The molecule has 0 radical (unpaired) electrons. The molecule has 0 aliphatic rings. The molecule has 0 fully saturated rings. The Bertz CT molecular complexity index is 749. The van der Waals surface area contributed by atoms with Crippen LogP contribution >= 0.6 is 22.7 Å². The maximum atomic E-state index is 4.59. The summed E-state index contributed by atoms with van der Waals surface area (Å²) in [7, 11) is 0. The van der Waals surface area contributed by atoms with Crippen LogP contribution in [0.25, 0.3) is 10.2 Å². The minimum Gasteiger partial charge on any atom is -0.360 e. The van der Waals surface area contributed by atoms with Crippen LogP contribution < -0.4 is 10.6 Å². The molecule has 0 amide bonds. The number of aryl methyl sites for hydroxylation is 1. The van der Waals surface area contributed by atoms with Crippen molar-refractivity contribution >= 4 is 44.7 Å². The van der Waals surface area contributed by atoms with Gasteiger partial charge in [0.15, 0.2) is 0 Å². The zero-order chi connectivity index (χ0) is 14.8. The fourth-order valence-electron chi connectivity index (χ4n) is 2.04. The normalized spacial score (nSPS) is 12.5. The zero-order valence-electron chi connectivity index (χ0n) is 12.2. The smallest absolute Gasteiger partial charge is 0.226 e. The molecule has 3 heterocycles. The molecule has 3 aromatic heterocycles. The lowest BCUT2D eigenvalue weighted by atomic mass is 10.3. The van der Waals surface area contributed by atoms with Crippen LogP contribution in [-0.2, 0) is 0 Å². The molecule has 21 heavy (non-hydrogen) atoms. The van der Waals surface area contributed by atoms with Crippen LogP contribution in [0.1, 0.15) is 29.8 Å². The lowest BCUT2D eigenvalue weighted by molar-refractivity contribution is 0.862. The highest BCUT2D eigenvalue weighted by Crippen LogP contribution is 2.30. The van der Waals surface area contributed by atoms with E-state index in [1.54, 1.807) is 22.7 Å². The highest BCUT2D eigenvalue weighted by Gasteiger charge is 2.14. The van der Waals surface area contributed by atoms with E-state index in [1.807, 2.05) is 18.5 Å². The minimum atomic E-state index is 0.121. The van der Waals surface area contributed by atoms with E-state index in [9.17, 15) is 0 Å². The third kappa shape index (κ3) is 2.98. The number of anilines is 2. The monoisotopic (exact) mass is 319 g/mol. The molecule has 0 aliphatic heterocycles. The molecule has 7 heteroatoms. The van der Waals surface area contributed by atoms with Crippen molar-refractivity contribution in [2.24, 2.45) is 0 Å². The molecule has 1 atom stereocenters. The van der Waals surface area contributed by atoms with E-state index < -0.39 is 0 Å². The van der Waals surface area contributed by atoms with E-state index in [2.05, 4.69) is 45.5 Å². The highest BCUT2D eigenvalue weighted by molar-refractivity contribution is 7.16. The number of aromatic nitrogens is 3. The third-order valence-corrected chi connectivity index (χ3v) is 4.92. The predicted octanol–water partition coefficient (Wildman–Crippen LogP) is 4.06. The first-order chi connectivity index (χ1) is 10.2. The van der Waals surface area contributed by atoms with Gasteiger partial charge in [-0.05, 0) is 32.2 Å². The van der Waals surface area contributed by atoms with Crippen LogP contribution in [0.15, 0.2) is 17.6 Å². The van der Waals surface area contributed by atoms with Crippen molar-refractivity contribution in [2.45, 2.75) is 26.8 Å². The predicted molar refractivity (Wildman–Crippen MR) is 90.5 cm³/mol. The Morgan fingerprint density at radius 3 is 2.90 bits per heavy atom. The molecule has 1 unspecified atom stereocenters. The fourth-order valence-corrected chi connectivity index (χ4v) is 3.58. The molecular formula is C14H17N5S2. The first-order valence-electron chi connectivity index (χ1n) is 6.85. The van der Waals surface area contributed by atoms with E-state index in [1.165, 1.54) is 4.88 Å². The second-order valence-electron chi connectivity index (χ2n) is 4.74. The van der Waals surface area contributed by atoms with Crippen molar-refractivity contribution in [2.75, 3.05) is 17.2 Å². The Labute approximate surface area is 131 Å². The number of rotatable bonds is 5. The fraction of sp³-hybridized carbons (Fsp3) is 0.357. The van der Waals surface area contributed by atoms with E-state index in [0.29, 0.717) is 5.95 Å². The van der Waals surface area contributed by atoms with E-state index in [0.717, 1.165) is 27.6 Å². The first kappa shape index (κ1) is 14.2. The number of thiophene rings is 1. The Morgan fingerprint density at radius 2 is 2.19 bits per heavy atom. The minimum absolute atomic E-state index is 0.121. The molecule has 0 spiro atoms. The van der Waals surface area contributed by atoms with E-state index >= 15 is 0 Å². The Hall–Kier alpha value is -1.73. The number of hydrogen-bond acceptors (Lipinski definition) is 7. The van der Waals surface area contributed by atoms with Gasteiger partial charge in [-0.15, -0.1) is 22.7 Å². The highest BCUT2D eigenvalue weighted by atomic mass is 32.1. The summed E-state index contributed by atoms with van der Waals surface area (Å²) < 4.78 is 0. The molecule has 2 N–H and O–H groups in total. The molecule has 5 nitrogen and oxygen atoms in total. The number of fused-ring (bicyclic) bond motifs is 1. The third-order valence-electron chi connectivity index (χ3n) is 3.02. The molecule has 0 saturated heterocycles. The topological polar surface area (TPSA) is 62.7 Å². The van der Waals surface area contributed by atoms with Gasteiger partial charge in [0.2, 0.25) is 5.95 Å². The van der Waals surface area contributed by atoms with E-state index in [-0.39, 0.29) is 6.04 Å². The molecule has 110 valence electrons. The average Bonchev–Trinajstić information content (AvgIpc) is 3.07. The largest absolute Gasteiger partial charge is 0.360 e. The van der Waals surface area contributed by atoms with E-state index in [4.69, 9.17) is 0 Å². The molecule has 3 rings (SSSR count). The van der Waals surface area contributed by atoms with Crippen LogP contribution in [0.2, 0.25) is 0 Å². The lowest BCUT2D eigenvalue weighted by Gasteiger charge is -2.14. The Kier molecular flexibility index (Phi) is 4.03. The van der Waals surface area contributed by atoms with Crippen molar-refractivity contribution in [3.63, 3.8) is 0 Å². The lowest BCUT2D eigenvalue weighted by Crippen LogP contribution is -2.10. The Balaban J connectivity index is 1.93. The summed E-state index contributed by atoms with van der Waals surface area (Å²) in [6.07, 6.45) is 1.91. The van der Waals surface area contributed by atoms with Gasteiger partial charge < -0.3 is 10.6 Å². The summed E-state index contributed by atoms with van der Waals surface area (Å²) in [6, 6.07) is 2.17. The SMILES string of the molecule is CCNc1nc(NC(C)c2ncc(C)s2)c2ccsc2n1. The van der Waals surface area contributed by atoms with Crippen molar-refractivity contribution in [3.05, 3.63) is 27.5 Å². The van der Waals surface area contributed by atoms with Gasteiger partial charge in [-0.25, -0.2) is 9.97 Å². The number of hydrogen-bond donors (Lipinski definition) is 2. The number of nitrogens with zero attached hydrogens (tertiary/aromatic N) is 3. The zero-order valence-corrected chi connectivity index (χ0v) is 13.8. The second-order valence-corrected chi connectivity index (χ2v) is 6.90. The maximum absolute atomic E-state index is 4.59. The molecule has 0 saturated carbocycles. The standard InChI is InChI=1S/C14H17N5S2/c1-4-15-14-18-11(10-5-6-20-13(10)19-14)17-9(3)12-16-7-8(2)21-12/h5-7,9H,4H2,1-3H3,(H2,15,17,18,19).